The summed E-state index contributed by atoms with van der Waals surface area (Å²) in [5.74, 6) is -1.77. The molecule has 1 aromatic heterocycles. The van der Waals surface area contributed by atoms with Gasteiger partial charge in [0, 0.05) is 31.1 Å². The van der Waals surface area contributed by atoms with Crippen LogP contribution >= 0.6 is 0 Å². The van der Waals surface area contributed by atoms with Gasteiger partial charge in [0.05, 0.1) is 12.3 Å². The number of β-amino-alcohol motifs (C(OH)–C–C–N with tert-alkyl or cyclic N) is 1. The molecule has 4 nitrogen and oxygen atoms in total. The zero-order valence-corrected chi connectivity index (χ0v) is 12.9. The Labute approximate surface area is 134 Å². The first kappa shape index (κ1) is 16.2. The molecule has 1 aromatic carbocycles. The van der Waals surface area contributed by atoms with Crippen molar-refractivity contribution < 1.29 is 13.9 Å². The maximum Gasteiger partial charge on any atom is 0.184 e. The fourth-order valence-corrected chi connectivity index (χ4v) is 3.08. The quantitative estimate of drug-likeness (QED) is 0.885. The van der Waals surface area contributed by atoms with E-state index in [9.17, 15) is 8.78 Å². The van der Waals surface area contributed by atoms with Gasteiger partial charge in [-0.25, -0.2) is 13.8 Å². The molecule has 1 fully saturated rings. The minimum atomic E-state index is -0.892. The molecule has 1 saturated heterocycles. The molecule has 1 aliphatic heterocycles. The van der Waals surface area contributed by atoms with Gasteiger partial charge in [-0.2, -0.15) is 0 Å². The number of piperidine rings is 1. The Morgan fingerprint density at radius 1 is 1.26 bits per heavy atom. The second kappa shape index (κ2) is 7.29. The summed E-state index contributed by atoms with van der Waals surface area (Å²) >= 11 is 0. The highest BCUT2D eigenvalue weighted by molar-refractivity contribution is 5.79. The van der Waals surface area contributed by atoms with E-state index in [0.29, 0.717) is 30.2 Å². The summed E-state index contributed by atoms with van der Waals surface area (Å²) in [7, 11) is 0. The van der Waals surface area contributed by atoms with E-state index in [1.54, 1.807) is 6.07 Å². The number of likely N-dealkylation sites (tertiary alicyclic amines) is 1. The van der Waals surface area contributed by atoms with Gasteiger partial charge in [-0.1, -0.05) is 6.07 Å². The Balaban J connectivity index is 1.66. The van der Waals surface area contributed by atoms with Crippen LogP contribution in [0.15, 0.2) is 24.3 Å². The Hall–Kier alpha value is -1.63. The number of nitrogens with zero attached hydrogens (tertiary/aromatic N) is 2. The second-order valence-electron chi connectivity index (χ2n) is 5.98. The molecule has 0 bridgehead atoms. The van der Waals surface area contributed by atoms with E-state index in [-0.39, 0.29) is 12.1 Å². The van der Waals surface area contributed by atoms with Crippen LogP contribution in [-0.2, 0) is 6.54 Å². The number of nitrogens with one attached hydrogen (secondary N) is 1. The normalized spacial score (nSPS) is 19.3. The third-order valence-corrected chi connectivity index (χ3v) is 4.30. The van der Waals surface area contributed by atoms with Crippen molar-refractivity contribution >= 4 is 10.9 Å². The van der Waals surface area contributed by atoms with Crippen LogP contribution in [0.3, 0.4) is 0 Å². The minimum absolute atomic E-state index is 0.0786. The van der Waals surface area contributed by atoms with E-state index < -0.39 is 11.6 Å². The van der Waals surface area contributed by atoms with Gasteiger partial charge in [0.15, 0.2) is 11.6 Å². The van der Waals surface area contributed by atoms with Crippen molar-refractivity contribution in [2.45, 2.75) is 25.4 Å². The van der Waals surface area contributed by atoms with Crippen LogP contribution in [0.1, 0.15) is 18.5 Å². The summed E-state index contributed by atoms with van der Waals surface area (Å²) in [6, 6.07) is 6.58. The lowest BCUT2D eigenvalue weighted by Crippen LogP contribution is -2.46. The number of aliphatic hydroxyl groups excluding tert-OH is 1. The number of benzene rings is 1. The fraction of sp³-hybridized carbons (Fsp3) is 0.471. The largest absolute Gasteiger partial charge is 0.395 e. The summed E-state index contributed by atoms with van der Waals surface area (Å²) in [6.07, 6.45) is 2.15. The molecule has 0 radical (unpaired) electrons. The molecular weight excluding hydrogens is 300 g/mol. The van der Waals surface area contributed by atoms with E-state index >= 15 is 0 Å². The van der Waals surface area contributed by atoms with E-state index in [1.807, 2.05) is 6.07 Å². The third-order valence-electron chi connectivity index (χ3n) is 4.30. The molecule has 2 heterocycles. The molecule has 23 heavy (non-hydrogen) atoms. The maximum absolute atomic E-state index is 13.8. The van der Waals surface area contributed by atoms with Gasteiger partial charge in [-0.3, -0.25) is 4.90 Å². The first-order valence-electron chi connectivity index (χ1n) is 7.97. The van der Waals surface area contributed by atoms with Gasteiger partial charge < -0.3 is 10.4 Å². The highest BCUT2D eigenvalue weighted by Crippen LogP contribution is 2.19. The Morgan fingerprint density at radius 2 is 2.09 bits per heavy atom. The average molecular weight is 321 g/mol. The molecule has 2 N–H and O–H groups in total. The molecule has 6 heteroatoms. The smallest absolute Gasteiger partial charge is 0.184 e. The summed E-state index contributed by atoms with van der Waals surface area (Å²) in [4.78, 5) is 6.47. The van der Waals surface area contributed by atoms with Crippen molar-refractivity contribution in [1.82, 2.24) is 15.2 Å². The van der Waals surface area contributed by atoms with Crippen LogP contribution in [0.4, 0.5) is 8.78 Å². The van der Waals surface area contributed by atoms with Crippen LogP contribution in [0.25, 0.3) is 10.9 Å². The number of halogens is 2. The Bertz CT molecular complexity index is 678. The molecule has 0 aliphatic carbocycles. The first-order chi connectivity index (χ1) is 11.2. The summed E-state index contributed by atoms with van der Waals surface area (Å²) < 4.78 is 27.1. The number of rotatable bonds is 5. The van der Waals surface area contributed by atoms with Gasteiger partial charge in [0.2, 0.25) is 0 Å². The van der Waals surface area contributed by atoms with E-state index in [1.165, 1.54) is 6.07 Å². The lowest BCUT2D eigenvalue weighted by molar-refractivity contribution is 0.151. The summed E-state index contributed by atoms with van der Waals surface area (Å²) in [5.41, 5.74) is 0.774. The van der Waals surface area contributed by atoms with Gasteiger partial charge in [-0.15, -0.1) is 0 Å². The number of hydrogen-bond donors (Lipinski definition) is 2. The number of aromatic nitrogens is 1. The van der Waals surface area contributed by atoms with Crippen LogP contribution in [-0.4, -0.2) is 47.3 Å². The Kier molecular flexibility index (Phi) is 5.15. The number of fused-ring (bicyclic) bond motifs is 1. The minimum Gasteiger partial charge on any atom is -0.395 e. The van der Waals surface area contributed by atoms with Crippen molar-refractivity contribution in [1.29, 1.82) is 0 Å². The molecular formula is C17H21F2N3O. The highest BCUT2D eigenvalue weighted by atomic mass is 19.2. The van der Waals surface area contributed by atoms with E-state index in [0.717, 1.165) is 32.0 Å². The van der Waals surface area contributed by atoms with E-state index in [4.69, 9.17) is 5.11 Å². The Morgan fingerprint density at radius 3 is 2.91 bits per heavy atom. The highest BCUT2D eigenvalue weighted by Gasteiger charge is 2.19. The lowest BCUT2D eigenvalue weighted by atomic mass is 10.1. The molecule has 0 saturated carbocycles. The van der Waals surface area contributed by atoms with Crippen molar-refractivity contribution in [3.8, 4) is 0 Å². The van der Waals surface area contributed by atoms with Gasteiger partial charge in [-0.05, 0) is 37.6 Å². The van der Waals surface area contributed by atoms with Crippen molar-refractivity contribution in [3.63, 3.8) is 0 Å². The summed E-state index contributed by atoms with van der Waals surface area (Å²) in [6.45, 7) is 3.28. The molecule has 3 rings (SSSR count). The standard InChI is InChI=1S/C17H21F2N3O/c18-15-6-4-12-3-5-13(21-17(12)16(15)19)10-20-14-2-1-7-22(11-14)8-9-23/h3-6,14,20,23H,1-2,7-11H2. The zero-order valence-electron chi connectivity index (χ0n) is 12.9. The number of hydrogen-bond acceptors (Lipinski definition) is 4. The SMILES string of the molecule is OCCN1CCCC(NCc2ccc3ccc(F)c(F)c3n2)C1. The molecule has 0 spiro atoms. The van der Waals surface area contributed by atoms with Crippen LogP contribution in [0.2, 0.25) is 0 Å². The van der Waals surface area contributed by atoms with Crippen molar-refractivity contribution in [3.05, 3.63) is 41.6 Å². The number of pyridine rings is 1. The van der Waals surface area contributed by atoms with Crippen LogP contribution in [0.5, 0.6) is 0 Å². The average Bonchev–Trinajstić information content (AvgIpc) is 2.57. The van der Waals surface area contributed by atoms with Crippen LogP contribution < -0.4 is 5.32 Å². The molecule has 2 aromatic rings. The third kappa shape index (κ3) is 3.83. The second-order valence-corrected chi connectivity index (χ2v) is 5.98. The van der Waals surface area contributed by atoms with Crippen molar-refractivity contribution in [2.75, 3.05) is 26.2 Å². The molecule has 124 valence electrons. The zero-order chi connectivity index (χ0) is 16.2. The summed E-state index contributed by atoms with van der Waals surface area (Å²) in [5, 5.41) is 13.0. The maximum atomic E-state index is 13.8. The monoisotopic (exact) mass is 321 g/mol. The van der Waals surface area contributed by atoms with Gasteiger partial charge >= 0.3 is 0 Å². The fourth-order valence-electron chi connectivity index (χ4n) is 3.08. The molecule has 1 aliphatic rings. The number of aliphatic hydroxyl groups is 1. The van der Waals surface area contributed by atoms with Gasteiger partial charge in [0.25, 0.3) is 0 Å². The van der Waals surface area contributed by atoms with Crippen LogP contribution in [0, 0.1) is 11.6 Å². The molecule has 1 atom stereocenters. The molecule has 0 amide bonds. The van der Waals surface area contributed by atoms with E-state index in [2.05, 4.69) is 15.2 Å². The van der Waals surface area contributed by atoms with Crippen molar-refractivity contribution in [2.24, 2.45) is 0 Å². The topological polar surface area (TPSA) is 48.4 Å². The molecule has 1 unspecified atom stereocenters. The predicted molar refractivity (Wildman–Crippen MR) is 85.0 cm³/mol. The predicted octanol–water partition coefficient (Wildman–Crippen LogP) is 2.06. The first-order valence-corrected chi connectivity index (χ1v) is 7.97. The van der Waals surface area contributed by atoms with Gasteiger partial charge in [0.1, 0.15) is 5.52 Å². The lowest BCUT2D eigenvalue weighted by Gasteiger charge is -2.32.